The fraction of sp³-hybridized carbons (Fsp3) is 0. The summed E-state index contributed by atoms with van der Waals surface area (Å²) >= 11 is 0. The molecule has 0 atom stereocenters. The van der Waals surface area contributed by atoms with Crippen LogP contribution in [-0.2, 0) is 0 Å². The molecule has 0 amide bonds. The predicted octanol–water partition coefficient (Wildman–Crippen LogP) is 6.87. The van der Waals surface area contributed by atoms with Crippen LogP contribution in [0.15, 0.2) is 103 Å². The smallest absolute Gasteiger partial charge is 0.00266 e. The Labute approximate surface area is 149 Å². The molecule has 0 aromatic heterocycles. The van der Waals surface area contributed by atoms with Crippen LogP contribution in [0, 0.1) is 6.92 Å². The average Bonchev–Trinajstić information content (AvgIpc) is 2.69. The fourth-order valence-electron chi connectivity index (χ4n) is 3.31. The molecule has 4 aromatic carbocycles. The molecule has 0 N–H and O–H groups in total. The molecule has 0 aliphatic heterocycles. The standard InChI is InChI=1S/C25H19/c1-19-17-23(20-11-5-2-6-12-20)25(22-15-9-4-10-16-22)24(18-19)21-13-7-3-8-14-21/h2-18H,1H2. The topological polar surface area (TPSA) is 0 Å². The highest BCUT2D eigenvalue weighted by atomic mass is 14.2. The van der Waals surface area contributed by atoms with E-state index < -0.39 is 0 Å². The summed E-state index contributed by atoms with van der Waals surface area (Å²) in [5, 5.41) is 0. The van der Waals surface area contributed by atoms with E-state index in [2.05, 4.69) is 110 Å². The molecule has 0 heteroatoms. The lowest BCUT2D eigenvalue weighted by molar-refractivity contribution is 1.53. The molecule has 1 radical (unpaired) electrons. The molecule has 4 aromatic rings. The first-order valence-corrected chi connectivity index (χ1v) is 8.49. The minimum absolute atomic E-state index is 1.03. The summed E-state index contributed by atoms with van der Waals surface area (Å²) in [4.78, 5) is 0. The van der Waals surface area contributed by atoms with Crippen LogP contribution in [0.4, 0.5) is 0 Å². The number of hydrogen-bond acceptors (Lipinski definition) is 0. The molecule has 0 nitrogen and oxygen atoms in total. The van der Waals surface area contributed by atoms with Crippen LogP contribution >= 0.6 is 0 Å². The highest BCUT2D eigenvalue weighted by Gasteiger charge is 2.14. The maximum atomic E-state index is 4.23. The summed E-state index contributed by atoms with van der Waals surface area (Å²) in [5.41, 5.74) is 8.37. The van der Waals surface area contributed by atoms with Gasteiger partial charge in [-0.3, -0.25) is 0 Å². The molecule has 0 unspecified atom stereocenters. The SMILES string of the molecule is [CH2]c1cc(-c2ccccc2)c(-c2ccccc2)c(-c2ccccc2)c1. The van der Waals surface area contributed by atoms with Gasteiger partial charge in [-0.05, 0) is 45.9 Å². The summed E-state index contributed by atoms with van der Waals surface area (Å²) in [6.07, 6.45) is 0. The van der Waals surface area contributed by atoms with Gasteiger partial charge in [-0.25, -0.2) is 0 Å². The van der Waals surface area contributed by atoms with Crippen molar-refractivity contribution in [3.8, 4) is 33.4 Å². The number of rotatable bonds is 3. The van der Waals surface area contributed by atoms with Crippen molar-refractivity contribution in [2.75, 3.05) is 0 Å². The van der Waals surface area contributed by atoms with Crippen LogP contribution in [0.25, 0.3) is 33.4 Å². The van der Waals surface area contributed by atoms with Gasteiger partial charge in [-0.15, -0.1) is 0 Å². The van der Waals surface area contributed by atoms with Crippen LogP contribution in [-0.4, -0.2) is 0 Å². The molecule has 0 saturated carbocycles. The van der Waals surface area contributed by atoms with Gasteiger partial charge in [0.15, 0.2) is 0 Å². The van der Waals surface area contributed by atoms with Crippen LogP contribution in [0.5, 0.6) is 0 Å². The summed E-state index contributed by atoms with van der Waals surface area (Å²) < 4.78 is 0. The van der Waals surface area contributed by atoms with Gasteiger partial charge in [-0.2, -0.15) is 0 Å². The fourth-order valence-corrected chi connectivity index (χ4v) is 3.31. The first-order valence-electron chi connectivity index (χ1n) is 8.49. The van der Waals surface area contributed by atoms with Crippen molar-refractivity contribution in [2.45, 2.75) is 0 Å². The third kappa shape index (κ3) is 3.12. The first kappa shape index (κ1) is 15.4. The van der Waals surface area contributed by atoms with Gasteiger partial charge in [0.2, 0.25) is 0 Å². The van der Waals surface area contributed by atoms with Gasteiger partial charge < -0.3 is 0 Å². The van der Waals surface area contributed by atoms with Gasteiger partial charge in [0.05, 0.1) is 0 Å². The van der Waals surface area contributed by atoms with Crippen molar-refractivity contribution >= 4 is 0 Å². The van der Waals surface area contributed by atoms with Gasteiger partial charge in [0.25, 0.3) is 0 Å². The summed E-state index contributed by atoms with van der Waals surface area (Å²) in [6, 6.07) is 36.1. The van der Waals surface area contributed by atoms with E-state index in [9.17, 15) is 0 Å². The van der Waals surface area contributed by atoms with Crippen LogP contribution in [0.1, 0.15) is 5.56 Å². The van der Waals surface area contributed by atoms with E-state index in [4.69, 9.17) is 0 Å². The van der Waals surface area contributed by atoms with E-state index in [1.54, 1.807) is 0 Å². The van der Waals surface area contributed by atoms with E-state index in [0.29, 0.717) is 0 Å². The van der Waals surface area contributed by atoms with Crippen molar-refractivity contribution in [1.29, 1.82) is 0 Å². The second-order valence-corrected chi connectivity index (χ2v) is 6.16. The van der Waals surface area contributed by atoms with Crippen molar-refractivity contribution < 1.29 is 0 Å². The first-order chi connectivity index (χ1) is 12.3. The molecule has 25 heavy (non-hydrogen) atoms. The van der Waals surface area contributed by atoms with Crippen molar-refractivity contribution in [2.24, 2.45) is 0 Å². The molecular formula is C25H19. The van der Waals surface area contributed by atoms with Gasteiger partial charge in [-0.1, -0.05) is 103 Å². The zero-order valence-corrected chi connectivity index (χ0v) is 14.0. The van der Waals surface area contributed by atoms with Crippen LogP contribution in [0.3, 0.4) is 0 Å². The average molecular weight is 319 g/mol. The van der Waals surface area contributed by atoms with E-state index in [-0.39, 0.29) is 0 Å². The third-order valence-corrected chi connectivity index (χ3v) is 4.43. The Morgan fingerprint density at radius 1 is 0.440 bits per heavy atom. The second kappa shape index (κ2) is 6.78. The quantitative estimate of drug-likeness (QED) is 0.386. The molecule has 0 bridgehead atoms. The highest BCUT2D eigenvalue weighted by Crippen LogP contribution is 2.40. The molecule has 119 valence electrons. The van der Waals surface area contributed by atoms with E-state index in [0.717, 1.165) is 5.56 Å². The van der Waals surface area contributed by atoms with Gasteiger partial charge in [0.1, 0.15) is 0 Å². The molecule has 0 saturated heterocycles. The Kier molecular flexibility index (Phi) is 4.18. The highest BCUT2D eigenvalue weighted by molar-refractivity contribution is 5.95. The lowest BCUT2D eigenvalue weighted by Crippen LogP contribution is -1.92. The summed E-state index contributed by atoms with van der Waals surface area (Å²) in [6.45, 7) is 4.23. The maximum Gasteiger partial charge on any atom is -0.00266 e. The molecule has 0 aliphatic carbocycles. The molecule has 0 aliphatic rings. The Bertz CT molecular complexity index is 908. The summed E-state index contributed by atoms with van der Waals surface area (Å²) in [5.74, 6) is 0. The molecule has 0 spiro atoms. The lowest BCUT2D eigenvalue weighted by Gasteiger charge is -2.17. The summed E-state index contributed by atoms with van der Waals surface area (Å²) in [7, 11) is 0. The van der Waals surface area contributed by atoms with Crippen LogP contribution < -0.4 is 0 Å². The minimum Gasteiger partial charge on any atom is -0.0622 e. The Morgan fingerprint density at radius 2 is 0.800 bits per heavy atom. The molecule has 4 rings (SSSR count). The van der Waals surface area contributed by atoms with Gasteiger partial charge in [0, 0.05) is 0 Å². The van der Waals surface area contributed by atoms with E-state index >= 15 is 0 Å². The zero-order chi connectivity index (χ0) is 17.1. The number of hydrogen-bond donors (Lipinski definition) is 0. The Hall–Kier alpha value is -3.12. The van der Waals surface area contributed by atoms with Crippen molar-refractivity contribution in [3.63, 3.8) is 0 Å². The largest absolute Gasteiger partial charge is 0.0622 e. The number of benzene rings is 4. The normalized spacial score (nSPS) is 10.6. The monoisotopic (exact) mass is 319 g/mol. The lowest BCUT2D eigenvalue weighted by atomic mass is 9.86. The second-order valence-electron chi connectivity index (χ2n) is 6.16. The predicted molar refractivity (Wildman–Crippen MR) is 107 cm³/mol. The Balaban J connectivity index is 2.07. The van der Waals surface area contributed by atoms with E-state index in [1.807, 2.05) is 0 Å². The molecule has 0 heterocycles. The minimum atomic E-state index is 1.03. The van der Waals surface area contributed by atoms with Crippen molar-refractivity contribution in [1.82, 2.24) is 0 Å². The third-order valence-electron chi connectivity index (χ3n) is 4.43. The molecule has 0 fully saturated rings. The van der Waals surface area contributed by atoms with E-state index in [1.165, 1.54) is 33.4 Å². The van der Waals surface area contributed by atoms with Crippen LogP contribution in [0.2, 0.25) is 0 Å². The van der Waals surface area contributed by atoms with Gasteiger partial charge >= 0.3 is 0 Å². The van der Waals surface area contributed by atoms with Crippen molar-refractivity contribution in [3.05, 3.63) is 116 Å². The molecular weight excluding hydrogens is 300 g/mol. The Morgan fingerprint density at radius 3 is 1.20 bits per heavy atom. The zero-order valence-electron chi connectivity index (χ0n) is 14.0. The maximum absolute atomic E-state index is 4.23.